The fraction of sp³-hybridized carbons (Fsp3) is 0.241. The van der Waals surface area contributed by atoms with Crippen molar-refractivity contribution in [2.75, 3.05) is 14.2 Å². The van der Waals surface area contributed by atoms with Crippen molar-refractivity contribution < 1.29 is 23.8 Å². The molecule has 0 saturated heterocycles. The van der Waals surface area contributed by atoms with Crippen LogP contribution < -0.4 is 14.8 Å². The number of benzene rings is 3. The number of aryl methyl sites for hydroxylation is 1. The topological polar surface area (TPSA) is 110 Å². The average Bonchev–Trinajstić information content (AvgIpc) is 2.94. The van der Waals surface area contributed by atoms with E-state index < -0.39 is 24.0 Å². The van der Waals surface area contributed by atoms with Gasteiger partial charge in [-0.1, -0.05) is 36.4 Å². The molecule has 2 unspecified atom stereocenters. The van der Waals surface area contributed by atoms with Gasteiger partial charge in [0.1, 0.15) is 24.0 Å². The lowest BCUT2D eigenvalue weighted by atomic mass is 9.85. The molecule has 188 valence electrons. The fourth-order valence-electron chi connectivity index (χ4n) is 4.27. The lowest BCUT2D eigenvalue weighted by Crippen LogP contribution is -2.45. The highest BCUT2D eigenvalue weighted by molar-refractivity contribution is 6.09. The molecule has 1 aliphatic rings. The quantitative estimate of drug-likeness (QED) is 0.426. The number of aliphatic imine (C=N–C) groups is 1. The highest BCUT2D eigenvalue weighted by Gasteiger charge is 2.39. The molecule has 0 bridgehead atoms. The van der Waals surface area contributed by atoms with Gasteiger partial charge in [-0.3, -0.25) is 4.79 Å². The van der Waals surface area contributed by atoms with E-state index in [9.17, 15) is 9.59 Å². The number of nitrogens with zero attached hydrogens (tertiary/aromatic N) is 2. The first-order chi connectivity index (χ1) is 18.0. The molecule has 4 rings (SSSR count). The fourth-order valence-corrected chi connectivity index (χ4v) is 4.27. The zero-order valence-corrected chi connectivity index (χ0v) is 20.6. The standard InChI is InChI=1S/C29H27N3O5/c1-35-23-12-9-19(10-13-23)11-14-25-26(28(33)37-18-21-6-3-5-20(15-21)17-30)27(32-29(34)31-25)22-7-4-8-24(16-22)36-2/h3-10,12-13,15-16,26-27H,11,14,18H2,1-2H3,(H,32,34). The number of methoxy groups -OCH3 is 2. The molecule has 3 aromatic rings. The van der Waals surface area contributed by atoms with Crippen LogP contribution >= 0.6 is 0 Å². The molecule has 1 aliphatic heterocycles. The first-order valence-corrected chi connectivity index (χ1v) is 11.8. The van der Waals surface area contributed by atoms with Crippen LogP contribution in [0.25, 0.3) is 0 Å². The molecule has 1 heterocycles. The third kappa shape index (κ3) is 6.33. The maximum absolute atomic E-state index is 13.5. The molecule has 1 N–H and O–H groups in total. The number of ether oxygens (including phenoxy) is 3. The molecule has 0 spiro atoms. The molecular weight excluding hydrogens is 470 g/mol. The second kappa shape index (κ2) is 11.9. The van der Waals surface area contributed by atoms with Crippen LogP contribution in [0, 0.1) is 17.2 Å². The van der Waals surface area contributed by atoms with Crippen molar-refractivity contribution in [1.29, 1.82) is 5.26 Å². The van der Waals surface area contributed by atoms with Gasteiger partial charge in [0.2, 0.25) is 0 Å². The monoisotopic (exact) mass is 497 g/mol. The number of nitrogens with one attached hydrogen (secondary N) is 1. The van der Waals surface area contributed by atoms with Crippen molar-refractivity contribution in [3.8, 4) is 17.6 Å². The summed E-state index contributed by atoms with van der Waals surface area (Å²) in [7, 11) is 3.16. The van der Waals surface area contributed by atoms with E-state index in [1.54, 1.807) is 56.7 Å². The van der Waals surface area contributed by atoms with Crippen LogP contribution in [-0.2, 0) is 22.6 Å². The van der Waals surface area contributed by atoms with E-state index in [-0.39, 0.29) is 6.61 Å². The predicted molar refractivity (Wildman–Crippen MR) is 137 cm³/mol. The summed E-state index contributed by atoms with van der Waals surface area (Å²) in [5.41, 5.74) is 3.35. The summed E-state index contributed by atoms with van der Waals surface area (Å²) in [6.45, 7) is -0.00457. The Morgan fingerprint density at radius 1 is 0.946 bits per heavy atom. The lowest BCUT2D eigenvalue weighted by Gasteiger charge is -2.31. The molecule has 0 aromatic heterocycles. The Bertz CT molecular complexity index is 1340. The van der Waals surface area contributed by atoms with Gasteiger partial charge in [-0.05, 0) is 65.9 Å². The van der Waals surface area contributed by atoms with Crippen molar-refractivity contribution in [1.82, 2.24) is 5.32 Å². The Balaban J connectivity index is 1.60. The number of esters is 1. The van der Waals surface area contributed by atoms with Gasteiger partial charge in [0.05, 0.1) is 31.9 Å². The Morgan fingerprint density at radius 2 is 1.70 bits per heavy atom. The average molecular weight is 498 g/mol. The van der Waals surface area contributed by atoms with Gasteiger partial charge in [-0.15, -0.1) is 0 Å². The summed E-state index contributed by atoms with van der Waals surface area (Å²) in [6.07, 6.45) is 0.971. The third-order valence-corrected chi connectivity index (χ3v) is 6.19. The zero-order valence-electron chi connectivity index (χ0n) is 20.6. The van der Waals surface area contributed by atoms with E-state index in [4.69, 9.17) is 19.5 Å². The van der Waals surface area contributed by atoms with Crippen LogP contribution in [0.15, 0.2) is 77.8 Å². The molecule has 3 aromatic carbocycles. The largest absolute Gasteiger partial charge is 0.497 e. The summed E-state index contributed by atoms with van der Waals surface area (Å²) < 4.78 is 16.3. The SMILES string of the molecule is COc1ccc(CCC2=NC(=O)NC(c3cccc(OC)c3)C2C(=O)OCc2cccc(C#N)c2)cc1. The van der Waals surface area contributed by atoms with Crippen molar-refractivity contribution in [2.45, 2.75) is 25.5 Å². The van der Waals surface area contributed by atoms with E-state index >= 15 is 0 Å². The number of rotatable bonds is 9. The molecule has 0 radical (unpaired) electrons. The number of hydrogen-bond acceptors (Lipinski definition) is 6. The van der Waals surface area contributed by atoms with Gasteiger partial charge >= 0.3 is 12.0 Å². The minimum Gasteiger partial charge on any atom is -0.497 e. The van der Waals surface area contributed by atoms with Gasteiger partial charge in [-0.2, -0.15) is 5.26 Å². The Hall–Kier alpha value is -4.64. The minimum atomic E-state index is -0.831. The molecular formula is C29H27N3O5. The number of hydrogen-bond donors (Lipinski definition) is 1. The number of carbonyl (C=O) groups excluding carboxylic acids is 2. The van der Waals surface area contributed by atoms with Gasteiger partial charge in [0, 0.05) is 5.71 Å². The summed E-state index contributed by atoms with van der Waals surface area (Å²) in [4.78, 5) is 30.3. The number of carbonyl (C=O) groups is 2. The van der Waals surface area contributed by atoms with Crippen LogP contribution in [0.2, 0.25) is 0 Å². The molecule has 0 aliphatic carbocycles. The molecule has 8 heteroatoms. The third-order valence-electron chi connectivity index (χ3n) is 6.19. The van der Waals surface area contributed by atoms with Crippen molar-refractivity contribution in [2.24, 2.45) is 10.9 Å². The summed E-state index contributed by atoms with van der Waals surface area (Å²) in [6, 6.07) is 22.6. The van der Waals surface area contributed by atoms with Crippen molar-refractivity contribution >= 4 is 17.7 Å². The summed E-state index contributed by atoms with van der Waals surface area (Å²) in [5.74, 6) is 0.0125. The Morgan fingerprint density at radius 3 is 2.43 bits per heavy atom. The predicted octanol–water partition coefficient (Wildman–Crippen LogP) is 4.77. The smallest absolute Gasteiger partial charge is 0.341 e. The molecule has 2 atom stereocenters. The lowest BCUT2D eigenvalue weighted by molar-refractivity contribution is -0.148. The minimum absolute atomic E-state index is 0.00457. The zero-order chi connectivity index (χ0) is 26.2. The van der Waals surface area contributed by atoms with Crippen LogP contribution in [-0.4, -0.2) is 31.9 Å². The van der Waals surface area contributed by atoms with Crippen LogP contribution in [0.1, 0.15) is 34.7 Å². The maximum atomic E-state index is 13.5. The molecule has 8 nitrogen and oxygen atoms in total. The van der Waals surface area contributed by atoms with E-state index in [0.29, 0.717) is 41.0 Å². The number of urea groups is 1. The van der Waals surface area contributed by atoms with E-state index in [0.717, 1.165) is 11.3 Å². The first-order valence-electron chi connectivity index (χ1n) is 11.8. The second-order valence-electron chi connectivity index (χ2n) is 8.55. The summed E-state index contributed by atoms with van der Waals surface area (Å²) in [5, 5.41) is 12.0. The van der Waals surface area contributed by atoms with Crippen LogP contribution in [0.3, 0.4) is 0 Å². The van der Waals surface area contributed by atoms with E-state index in [1.807, 2.05) is 30.3 Å². The van der Waals surface area contributed by atoms with Gasteiger partial charge < -0.3 is 19.5 Å². The highest BCUT2D eigenvalue weighted by atomic mass is 16.5. The van der Waals surface area contributed by atoms with Gasteiger partial charge in [0.15, 0.2) is 0 Å². The number of amides is 2. The van der Waals surface area contributed by atoms with Crippen LogP contribution in [0.5, 0.6) is 11.5 Å². The number of nitriles is 1. The van der Waals surface area contributed by atoms with Gasteiger partial charge in [-0.25, -0.2) is 9.79 Å². The molecule has 0 saturated carbocycles. The van der Waals surface area contributed by atoms with Crippen molar-refractivity contribution in [3.05, 3.63) is 95.1 Å². The normalized spacial score (nSPS) is 16.7. The van der Waals surface area contributed by atoms with Crippen molar-refractivity contribution in [3.63, 3.8) is 0 Å². The van der Waals surface area contributed by atoms with E-state index in [2.05, 4.69) is 16.4 Å². The maximum Gasteiger partial charge on any atom is 0.341 e. The first kappa shape index (κ1) is 25.5. The van der Waals surface area contributed by atoms with Crippen LogP contribution in [0.4, 0.5) is 4.79 Å². The highest BCUT2D eigenvalue weighted by Crippen LogP contribution is 2.32. The van der Waals surface area contributed by atoms with E-state index in [1.165, 1.54) is 0 Å². The second-order valence-corrected chi connectivity index (χ2v) is 8.55. The molecule has 37 heavy (non-hydrogen) atoms. The Kier molecular flexibility index (Phi) is 8.16. The summed E-state index contributed by atoms with van der Waals surface area (Å²) >= 11 is 0. The van der Waals surface area contributed by atoms with Gasteiger partial charge in [0.25, 0.3) is 0 Å². The molecule has 0 fully saturated rings. The molecule has 2 amide bonds. The Labute approximate surface area is 215 Å².